The van der Waals surface area contributed by atoms with Crippen LogP contribution < -0.4 is 0 Å². The quantitative estimate of drug-likeness (QED) is 0.412. The van der Waals surface area contributed by atoms with E-state index in [0.717, 1.165) is 11.6 Å². The van der Waals surface area contributed by atoms with Gasteiger partial charge in [-0.05, 0) is 54.8 Å². The van der Waals surface area contributed by atoms with Crippen molar-refractivity contribution in [1.29, 1.82) is 5.41 Å². The van der Waals surface area contributed by atoms with Crippen LogP contribution in [0.25, 0.3) is 6.08 Å². The molecule has 0 aromatic heterocycles. The Bertz CT molecular complexity index is 843. The minimum atomic E-state index is -4.49. The molecular formula is C20H18Cl2F3NO. The number of hydrogen-bond acceptors (Lipinski definition) is 2. The van der Waals surface area contributed by atoms with Crippen LogP contribution in [0.3, 0.4) is 0 Å². The molecule has 27 heavy (non-hydrogen) atoms. The number of rotatable bonds is 5. The van der Waals surface area contributed by atoms with E-state index in [1.165, 1.54) is 24.3 Å². The molecule has 7 heteroatoms. The molecule has 0 spiro atoms. The molecule has 0 aliphatic heterocycles. The molecular weight excluding hydrogens is 398 g/mol. The summed E-state index contributed by atoms with van der Waals surface area (Å²) in [6, 6.07) is 8.91. The SMILES string of the molecule is CCOC(=N)c1ccc(/C=C/C(c2cc(Cl)cc(Cl)c2)C(F)(F)F)cc1C. The normalized spacial score (nSPS) is 13.0. The number of nitrogens with one attached hydrogen (secondary N) is 1. The summed E-state index contributed by atoms with van der Waals surface area (Å²) in [5.74, 6) is -1.80. The van der Waals surface area contributed by atoms with Gasteiger partial charge in [0.05, 0.1) is 12.5 Å². The summed E-state index contributed by atoms with van der Waals surface area (Å²) in [7, 11) is 0. The van der Waals surface area contributed by atoms with Crippen molar-refractivity contribution in [1.82, 2.24) is 0 Å². The summed E-state index contributed by atoms with van der Waals surface area (Å²) in [4.78, 5) is 0. The van der Waals surface area contributed by atoms with Crippen LogP contribution in [0, 0.1) is 12.3 Å². The fraction of sp³-hybridized carbons (Fsp3) is 0.250. The van der Waals surface area contributed by atoms with Gasteiger partial charge in [0, 0.05) is 15.6 Å². The van der Waals surface area contributed by atoms with Gasteiger partial charge in [0.2, 0.25) is 5.90 Å². The fourth-order valence-corrected chi connectivity index (χ4v) is 3.18. The second-order valence-corrected chi connectivity index (χ2v) is 6.79. The Balaban J connectivity index is 2.34. The number of ether oxygens (including phenoxy) is 1. The third kappa shape index (κ3) is 5.75. The lowest BCUT2D eigenvalue weighted by Crippen LogP contribution is -2.18. The van der Waals surface area contributed by atoms with E-state index in [2.05, 4.69) is 0 Å². The van der Waals surface area contributed by atoms with Crippen molar-refractivity contribution in [2.75, 3.05) is 6.61 Å². The maximum Gasteiger partial charge on any atom is 0.399 e. The molecule has 0 bridgehead atoms. The average Bonchev–Trinajstić information content (AvgIpc) is 2.53. The lowest BCUT2D eigenvalue weighted by Gasteiger charge is -2.18. The number of aryl methyl sites for hydroxylation is 1. The molecule has 0 fully saturated rings. The van der Waals surface area contributed by atoms with Crippen LogP contribution in [0.15, 0.2) is 42.5 Å². The summed E-state index contributed by atoms with van der Waals surface area (Å²) in [6.07, 6.45) is -2.02. The minimum absolute atomic E-state index is 0.0253. The summed E-state index contributed by atoms with van der Waals surface area (Å²) < 4.78 is 45.7. The molecule has 2 aromatic carbocycles. The largest absolute Gasteiger partial charge is 0.478 e. The standard InChI is InChI=1S/C20H18Cl2F3NO/c1-3-27-19(26)17-6-4-13(8-12(17)2)5-7-18(20(23,24)25)14-9-15(21)11-16(22)10-14/h4-11,18,26H,3H2,1-2H3/b7-5+,26-19?. The summed E-state index contributed by atoms with van der Waals surface area (Å²) >= 11 is 11.7. The first kappa shape index (κ1) is 21.3. The van der Waals surface area contributed by atoms with Crippen LogP contribution >= 0.6 is 23.2 Å². The predicted molar refractivity (Wildman–Crippen MR) is 104 cm³/mol. The minimum Gasteiger partial charge on any atom is -0.478 e. The lowest BCUT2D eigenvalue weighted by atomic mass is 9.96. The number of benzene rings is 2. The smallest absolute Gasteiger partial charge is 0.399 e. The van der Waals surface area contributed by atoms with E-state index in [4.69, 9.17) is 33.3 Å². The predicted octanol–water partition coefficient (Wildman–Crippen LogP) is 7.02. The molecule has 144 valence electrons. The zero-order chi connectivity index (χ0) is 20.2. The fourth-order valence-electron chi connectivity index (χ4n) is 2.64. The number of hydrogen-bond donors (Lipinski definition) is 1. The Hall–Kier alpha value is -1.98. The first-order valence-corrected chi connectivity index (χ1v) is 8.90. The van der Waals surface area contributed by atoms with Gasteiger partial charge in [-0.25, -0.2) is 0 Å². The van der Waals surface area contributed by atoms with Gasteiger partial charge in [-0.2, -0.15) is 13.2 Å². The van der Waals surface area contributed by atoms with E-state index < -0.39 is 12.1 Å². The van der Waals surface area contributed by atoms with Crippen LogP contribution in [0.4, 0.5) is 13.2 Å². The second kappa shape index (κ2) is 8.81. The summed E-state index contributed by atoms with van der Waals surface area (Å²) in [5, 5.41) is 8.13. The maximum atomic E-state index is 13.5. The zero-order valence-electron chi connectivity index (χ0n) is 14.7. The molecule has 0 radical (unpaired) electrons. The van der Waals surface area contributed by atoms with E-state index in [9.17, 15) is 13.2 Å². The highest BCUT2D eigenvalue weighted by atomic mass is 35.5. The van der Waals surface area contributed by atoms with Crippen LogP contribution in [0.5, 0.6) is 0 Å². The molecule has 2 aromatic rings. The van der Waals surface area contributed by atoms with Gasteiger partial charge >= 0.3 is 6.18 Å². The van der Waals surface area contributed by atoms with Crippen molar-refractivity contribution in [3.8, 4) is 0 Å². The summed E-state index contributed by atoms with van der Waals surface area (Å²) in [5.41, 5.74) is 1.90. The van der Waals surface area contributed by atoms with E-state index in [1.54, 1.807) is 32.0 Å². The van der Waals surface area contributed by atoms with Gasteiger partial charge in [-0.3, -0.25) is 5.41 Å². The van der Waals surface area contributed by atoms with Crippen LogP contribution in [-0.4, -0.2) is 18.7 Å². The first-order valence-electron chi connectivity index (χ1n) is 8.15. The molecule has 1 unspecified atom stereocenters. The van der Waals surface area contributed by atoms with Gasteiger partial charge in [-0.15, -0.1) is 0 Å². The molecule has 2 nitrogen and oxygen atoms in total. The Kier molecular flexibility index (Phi) is 6.95. The Morgan fingerprint density at radius 1 is 1.15 bits per heavy atom. The third-order valence-electron chi connectivity index (χ3n) is 3.86. The van der Waals surface area contributed by atoms with Crippen molar-refractivity contribution in [3.63, 3.8) is 0 Å². The number of halogens is 5. The highest BCUT2D eigenvalue weighted by Gasteiger charge is 2.39. The van der Waals surface area contributed by atoms with Gasteiger partial charge in [-0.1, -0.05) is 47.5 Å². The van der Waals surface area contributed by atoms with Crippen LogP contribution in [0.2, 0.25) is 10.0 Å². The highest BCUT2D eigenvalue weighted by molar-refractivity contribution is 6.34. The van der Waals surface area contributed by atoms with Crippen LogP contribution in [0.1, 0.15) is 35.1 Å². The molecule has 0 amide bonds. The molecule has 0 aliphatic rings. The van der Waals surface area contributed by atoms with E-state index in [0.29, 0.717) is 17.7 Å². The molecule has 1 atom stereocenters. The topological polar surface area (TPSA) is 33.1 Å². The Morgan fingerprint density at radius 3 is 2.30 bits per heavy atom. The average molecular weight is 416 g/mol. The first-order chi connectivity index (χ1) is 12.6. The molecule has 0 saturated carbocycles. The van der Waals surface area contributed by atoms with Crippen molar-refractivity contribution >= 4 is 35.2 Å². The molecule has 0 aliphatic carbocycles. The van der Waals surface area contributed by atoms with Crippen molar-refractivity contribution < 1.29 is 17.9 Å². The van der Waals surface area contributed by atoms with Gasteiger partial charge < -0.3 is 4.74 Å². The summed E-state index contributed by atoms with van der Waals surface area (Å²) in [6.45, 7) is 3.92. The van der Waals surface area contributed by atoms with Gasteiger partial charge in [0.25, 0.3) is 0 Å². The molecule has 1 N–H and O–H groups in total. The Labute approximate surface area is 166 Å². The number of allylic oxidation sites excluding steroid dienone is 1. The second-order valence-electron chi connectivity index (χ2n) is 5.92. The van der Waals surface area contributed by atoms with Gasteiger partial charge in [0.1, 0.15) is 0 Å². The van der Waals surface area contributed by atoms with E-state index >= 15 is 0 Å². The lowest BCUT2D eigenvalue weighted by molar-refractivity contribution is -0.139. The highest BCUT2D eigenvalue weighted by Crippen LogP contribution is 2.38. The van der Waals surface area contributed by atoms with Crippen molar-refractivity contribution in [2.24, 2.45) is 0 Å². The van der Waals surface area contributed by atoms with E-state index in [-0.39, 0.29) is 21.5 Å². The van der Waals surface area contributed by atoms with Gasteiger partial charge in [0.15, 0.2) is 0 Å². The molecule has 0 heterocycles. The van der Waals surface area contributed by atoms with E-state index in [1.807, 2.05) is 0 Å². The van der Waals surface area contributed by atoms with Crippen molar-refractivity contribution in [3.05, 3.63) is 74.8 Å². The zero-order valence-corrected chi connectivity index (χ0v) is 16.2. The molecule has 2 rings (SSSR count). The third-order valence-corrected chi connectivity index (χ3v) is 4.30. The molecule has 0 saturated heterocycles. The van der Waals surface area contributed by atoms with Crippen LogP contribution in [-0.2, 0) is 4.74 Å². The Morgan fingerprint density at radius 2 is 1.78 bits per heavy atom. The number of alkyl halides is 3. The monoisotopic (exact) mass is 415 g/mol. The van der Waals surface area contributed by atoms with Crippen molar-refractivity contribution in [2.45, 2.75) is 25.9 Å². The maximum absolute atomic E-state index is 13.5.